The predicted octanol–water partition coefficient (Wildman–Crippen LogP) is 4.62. The molecule has 1 nitrogen and oxygen atoms in total. The van der Waals surface area contributed by atoms with E-state index in [0.29, 0.717) is 5.78 Å². The summed E-state index contributed by atoms with van der Waals surface area (Å²) in [5.41, 5.74) is -0.407. The molecule has 0 aromatic rings. The van der Waals surface area contributed by atoms with E-state index in [1.807, 2.05) is 0 Å². The molecule has 90 valence electrons. The number of carbonyl (C=O) groups is 1. The molecule has 0 rings (SSSR count). The predicted molar refractivity (Wildman–Crippen MR) is 75.6 cm³/mol. The minimum absolute atomic E-state index is 0.181. The van der Waals surface area contributed by atoms with Gasteiger partial charge in [0.2, 0.25) is 0 Å². The number of rotatable bonds is 5. The maximum Gasteiger partial charge on any atom is 0.144 e. The van der Waals surface area contributed by atoms with Crippen molar-refractivity contribution in [1.29, 1.82) is 0 Å². The van der Waals surface area contributed by atoms with Crippen LogP contribution < -0.4 is 0 Å². The maximum atomic E-state index is 12.4. The van der Waals surface area contributed by atoms with Crippen LogP contribution in [0.15, 0.2) is 0 Å². The van der Waals surface area contributed by atoms with Crippen molar-refractivity contribution < 1.29 is 4.79 Å². The molecular formula is C13H25IO. The number of alkyl halides is 1. The Morgan fingerprint density at radius 2 is 1.40 bits per heavy atom. The van der Waals surface area contributed by atoms with Crippen LogP contribution in [0.4, 0.5) is 0 Å². The second kappa shape index (κ2) is 4.72. The first-order valence-electron chi connectivity index (χ1n) is 5.66. The van der Waals surface area contributed by atoms with Gasteiger partial charge in [0.15, 0.2) is 0 Å². The first-order valence-corrected chi connectivity index (χ1v) is 6.74. The molecule has 0 atom stereocenters. The molecule has 0 aliphatic heterocycles. The Balaban J connectivity index is 4.82. The van der Waals surface area contributed by atoms with Crippen LogP contribution in [0.3, 0.4) is 0 Å². The quantitative estimate of drug-likeness (QED) is 0.533. The van der Waals surface area contributed by atoms with Gasteiger partial charge in [-0.2, -0.15) is 0 Å². The van der Waals surface area contributed by atoms with E-state index in [9.17, 15) is 4.79 Å². The average molecular weight is 324 g/mol. The lowest BCUT2D eigenvalue weighted by molar-refractivity contribution is -0.136. The Kier molecular flexibility index (Phi) is 4.85. The Bertz CT molecular complexity index is 233. The Labute approximate surface area is 109 Å². The molecule has 0 spiro atoms. The molecule has 0 aromatic heterocycles. The van der Waals surface area contributed by atoms with Crippen LogP contribution in [0.5, 0.6) is 0 Å². The number of carbonyl (C=O) groups excluding carboxylic acids is 1. The first-order chi connectivity index (χ1) is 6.42. The van der Waals surface area contributed by atoms with Gasteiger partial charge >= 0.3 is 0 Å². The summed E-state index contributed by atoms with van der Waals surface area (Å²) >= 11 is 2.42. The zero-order chi connectivity index (χ0) is 12.5. The summed E-state index contributed by atoms with van der Waals surface area (Å²) in [5.74, 6) is 0.391. The van der Waals surface area contributed by atoms with E-state index in [1.165, 1.54) is 0 Å². The van der Waals surface area contributed by atoms with Gasteiger partial charge in [0.1, 0.15) is 5.78 Å². The summed E-state index contributed by atoms with van der Waals surface area (Å²) in [5, 5.41) is 0. The van der Waals surface area contributed by atoms with E-state index >= 15 is 0 Å². The molecule has 0 amide bonds. The monoisotopic (exact) mass is 324 g/mol. The molecule has 0 heterocycles. The van der Waals surface area contributed by atoms with Gasteiger partial charge in [-0.3, -0.25) is 4.79 Å². The molecule has 0 saturated carbocycles. The van der Waals surface area contributed by atoms with Crippen LogP contribution in [-0.4, -0.2) is 9.20 Å². The van der Waals surface area contributed by atoms with Crippen molar-refractivity contribution in [3.05, 3.63) is 0 Å². The summed E-state index contributed by atoms with van der Waals surface area (Å²) in [6.45, 7) is 14.7. The van der Waals surface area contributed by atoms with E-state index < -0.39 is 0 Å². The summed E-state index contributed by atoms with van der Waals surface area (Å²) in [6, 6.07) is 0. The standard InChI is InChI=1S/C13H25IO/c1-8-11(2,3)10(15)12(4,5)9-13(6,7)14/h8-9H2,1-7H3. The Morgan fingerprint density at radius 3 is 1.67 bits per heavy atom. The molecule has 0 aromatic carbocycles. The third kappa shape index (κ3) is 4.83. The van der Waals surface area contributed by atoms with Gasteiger partial charge in [-0.1, -0.05) is 71.1 Å². The zero-order valence-electron chi connectivity index (χ0n) is 11.2. The van der Waals surface area contributed by atoms with Crippen LogP contribution in [-0.2, 0) is 4.79 Å². The van der Waals surface area contributed by atoms with E-state index in [0.717, 1.165) is 12.8 Å². The molecule has 15 heavy (non-hydrogen) atoms. The summed E-state index contributed by atoms with van der Waals surface area (Å²) < 4.78 is 0.181. The smallest absolute Gasteiger partial charge is 0.144 e. The SMILES string of the molecule is CCC(C)(C)C(=O)C(C)(C)CC(C)(C)I. The summed E-state index contributed by atoms with van der Waals surface area (Å²) in [4.78, 5) is 12.4. The lowest BCUT2D eigenvalue weighted by Crippen LogP contribution is -2.39. The Hall–Kier alpha value is 0.400. The number of hydrogen-bond donors (Lipinski definition) is 0. The van der Waals surface area contributed by atoms with Gasteiger partial charge in [-0.05, 0) is 12.8 Å². The molecule has 0 N–H and O–H groups in total. The van der Waals surface area contributed by atoms with Gasteiger partial charge < -0.3 is 0 Å². The second-order valence-electron chi connectivity index (χ2n) is 6.35. The van der Waals surface area contributed by atoms with E-state index in [1.54, 1.807) is 0 Å². The molecule has 0 aliphatic carbocycles. The average Bonchev–Trinajstić information content (AvgIpc) is 1.98. The second-order valence-corrected chi connectivity index (χ2v) is 9.27. The number of ketones is 1. The van der Waals surface area contributed by atoms with Crippen molar-refractivity contribution in [2.75, 3.05) is 0 Å². The van der Waals surface area contributed by atoms with Crippen molar-refractivity contribution in [3.63, 3.8) is 0 Å². The van der Waals surface area contributed by atoms with Crippen LogP contribution >= 0.6 is 22.6 Å². The van der Waals surface area contributed by atoms with E-state index in [2.05, 4.69) is 71.1 Å². The van der Waals surface area contributed by atoms with Crippen LogP contribution in [0.25, 0.3) is 0 Å². The number of halogens is 1. The fourth-order valence-corrected chi connectivity index (χ4v) is 3.16. The molecule has 0 aliphatic rings. The zero-order valence-corrected chi connectivity index (χ0v) is 13.4. The third-order valence-electron chi connectivity index (χ3n) is 2.98. The van der Waals surface area contributed by atoms with Crippen LogP contribution in [0.1, 0.15) is 61.3 Å². The van der Waals surface area contributed by atoms with Gasteiger partial charge in [0, 0.05) is 14.3 Å². The van der Waals surface area contributed by atoms with E-state index in [-0.39, 0.29) is 14.3 Å². The van der Waals surface area contributed by atoms with E-state index in [4.69, 9.17) is 0 Å². The highest BCUT2D eigenvalue weighted by Gasteiger charge is 2.40. The van der Waals surface area contributed by atoms with Gasteiger partial charge in [-0.25, -0.2) is 0 Å². The normalized spacial score (nSPS) is 14.1. The number of hydrogen-bond acceptors (Lipinski definition) is 1. The van der Waals surface area contributed by atoms with Crippen molar-refractivity contribution in [2.45, 2.75) is 64.7 Å². The maximum absolute atomic E-state index is 12.4. The van der Waals surface area contributed by atoms with Crippen LogP contribution in [0.2, 0.25) is 0 Å². The molecule has 2 heteroatoms. The molecule has 0 bridgehead atoms. The molecule has 0 unspecified atom stereocenters. The first kappa shape index (κ1) is 15.4. The van der Waals surface area contributed by atoms with Crippen molar-refractivity contribution in [2.24, 2.45) is 10.8 Å². The van der Waals surface area contributed by atoms with Crippen molar-refractivity contribution in [1.82, 2.24) is 0 Å². The Morgan fingerprint density at radius 1 is 1.00 bits per heavy atom. The highest BCUT2D eigenvalue weighted by Crippen LogP contribution is 2.40. The van der Waals surface area contributed by atoms with Crippen LogP contribution in [0, 0.1) is 10.8 Å². The third-order valence-corrected chi connectivity index (χ3v) is 3.36. The van der Waals surface area contributed by atoms with Gasteiger partial charge in [-0.15, -0.1) is 0 Å². The highest BCUT2D eigenvalue weighted by atomic mass is 127. The molecule has 0 radical (unpaired) electrons. The fraction of sp³-hybridized carbons (Fsp3) is 0.923. The highest BCUT2D eigenvalue weighted by molar-refractivity contribution is 14.1. The molecular weight excluding hydrogens is 299 g/mol. The minimum atomic E-state index is -0.218. The number of Topliss-reactive ketones (excluding diaryl/α,β-unsaturated/α-hetero) is 1. The van der Waals surface area contributed by atoms with Gasteiger partial charge in [0.25, 0.3) is 0 Å². The minimum Gasteiger partial charge on any atom is -0.299 e. The lowest BCUT2D eigenvalue weighted by Gasteiger charge is -2.36. The summed E-state index contributed by atoms with van der Waals surface area (Å²) in [6.07, 6.45) is 1.85. The summed E-state index contributed by atoms with van der Waals surface area (Å²) in [7, 11) is 0. The van der Waals surface area contributed by atoms with Crippen molar-refractivity contribution in [3.8, 4) is 0 Å². The lowest BCUT2D eigenvalue weighted by atomic mass is 9.69. The molecule has 0 saturated heterocycles. The van der Waals surface area contributed by atoms with Crippen molar-refractivity contribution >= 4 is 28.4 Å². The topological polar surface area (TPSA) is 17.1 Å². The largest absolute Gasteiger partial charge is 0.299 e. The molecule has 0 fully saturated rings. The fourth-order valence-electron chi connectivity index (χ4n) is 2.21. The van der Waals surface area contributed by atoms with Gasteiger partial charge in [0.05, 0.1) is 0 Å².